The summed E-state index contributed by atoms with van der Waals surface area (Å²) in [7, 11) is 1.89. The van der Waals surface area contributed by atoms with Crippen molar-refractivity contribution in [3.8, 4) is 11.1 Å². The van der Waals surface area contributed by atoms with Gasteiger partial charge in [0.15, 0.2) is 0 Å². The minimum absolute atomic E-state index is 0.499. The summed E-state index contributed by atoms with van der Waals surface area (Å²) >= 11 is 0. The SMILES string of the molecule is Cn1ncc(-c2ccccc2C2CCC(C)(C)CC2)c1N. The molecule has 1 heterocycles. The molecule has 3 nitrogen and oxygen atoms in total. The molecule has 1 aromatic heterocycles. The van der Waals surface area contributed by atoms with Crippen LogP contribution in [0, 0.1) is 5.41 Å². The van der Waals surface area contributed by atoms with E-state index in [-0.39, 0.29) is 0 Å². The van der Waals surface area contributed by atoms with Crippen molar-refractivity contribution >= 4 is 5.82 Å². The van der Waals surface area contributed by atoms with Gasteiger partial charge in [-0.2, -0.15) is 5.10 Å². The molecule has 0 bridgehead atoms. The smallest absolute Gasteiger partial charge is 0.129 e. The number of hydrogen-bond donors (Lipinski definition) is 1. The fraction of sp³-hybridized carbons (Fsp3) is 0.500. The van der Waals surface area contributed by atoms with Crippen LogP contribution in [0.1, 0.15) is 51.0 Å². The summed E-state index contributed by atoms with van der Waals surface area (Å²) in [6.45, 7) is 4.77. The van der Waals surface area contributed by atoms with E-state index >= 15 is 0 Å². The Hall–Kier alpha value is -1.77. The van der Waals surface area contributed by atoms with Gasteiger partial charge in [-0.05, 0) is 48.1 Å². The highest BCUT2D eigenvalue weighted by molar-refractivity contribution is 5.76. The Labute approximate surface area is 127 Å². The van der Waals surface area contributed by atoms with Gasteiger partial charge in [0.25, 0.3) is 0 Å². The monoisotopic (exact) mass is 283 g/mol. The third-order valence-electron chi connectivity index (χ3n) is 5.01. The first-order valence-corrected chi connectivity index (χ1v) is 7.85. The maximum Gasteiger partial charge on any atom is 0.129 e. The van der Waals surface area contributed by atoms with Gasteiger partial charge in [0.05, 0.1) is 6.20 Å². The van der Waals surface area contributed by atoms with E-state index in [4.69, 9.17) is 5.73 Å². The van der Waals surface area contributed by atoms with Crippen molar-refractivity contribution in [1.29, 1.82) is 0 Å². The molecule has 112 valence electrons. The topological polar surface area (TPSA) is 43.8 Å². The lowest BCUT2D eigenvalue weighted by Crippen LogP contribution is -2.20. The van der Waals surface area contributed by atoms with Gasteiger partial charge in [-0.3, -0.25) is 4.68 Å². The zero-order chi connectivity index (χ0) is 15.0. The molecule has 0 aliphatic heterocycles. The summed E-state index contributed by atoms with van der Waals surface area (Å²) in [5.74, 6) is 1.40. The Bertz CT molecular complexity index is 630. The van der Waals surface area contributed by atoms with E-state index in [0.29, 0.717) is 11.3 Å². The molecule has 0 atom stereocenters. The van der Waals surface area contributed by atoms with Gasteiger partial charge in [0.2, 0.25) is 0 Å². The summed E-state index contributed by atoms with van der Waals surface area (Å²) in [5, 5.41) is 4.29. The normalized spacial score (nSPS) is 18.8. The van der Waals surface area contributed by atoms with Gasteiger partial charge >= 0.3 is 0 Å². The third kappa shape index (κ3) is 2.69. The Morgan fingerprint density at radius 2 is 1.81 bits per heavy atom. The predicted octanol–water partition coefficient (Wildman–Crippen LogP) is 4.35. The lowest BCUT2D eigenvalue weighted by atomic mass is 9.70. The highest BCUT2D eigenvalue weighted by Gasteiger charge is 2.29. The first-order valence-electron chi connectivity index (χ1n) is 7.85. The average Bonchev–Trinajstić information content (AvgIpc) is 2.79. The molecule has 1 aliphatic carbocycles. The number of benzene rings is 1. The quantitative estimate of drug-likeness (QED) is 0.890. The lowest BCUT2D eigenvalue weighted by Gasteiger charge is -2.35. The lowest BCUT2D eigenvalue weighted by molar-refractivity contribution is 0.224. The second-order valence-corrected chi connectivity index (χ2v) is 7.09. The van der Waals surface area contributed by atoms with Gasteiger partial charge in [-0.25, -0.2) is 0 Å². The van der Waals surface area contributed by atoms with Crippen LogP contribution < -0.4 is 5.73 Å². The zero-order valence-electron chi connectivity index (χ0n) is 13.3. The van der Waals surface area contributed by atoms with Crippen molar-refractivity contribution in [2.45, 2.75) is 45.4 Å². The Kier molecular flexibility index (Phi) is 3.52. The molecule has 1 aliphatic rings. The molecule has 3 heteroatoms. The second-order valence-electron chi connectivity index (χ2n) is 7.09. The number of nitrogens with two attached hydrogens (primary N) is 1. The summed E-state index contributed by atoms with van der Waals surface area (Å²) in [4.78, 5) is 0. The van der Waals surface area contributed by atoms with Gasteiger partial charge in [-0.15, -0.1) is 0 Å². The summed E-state index contributed by atoms with van der Waals surface area (Å²) in [6.07, 6.45) is 7.03. The Balaban J connectivity index is 1.96. The molecule has 0 amide bonds. The number of nitrogens with zero attached hydrogens (tertiary/aromatic N) is 2. The standard InChI is InChI=1S/C18H25N3/c1-18(2)10-8-13(9-11-18)14-6-4-5-7-15(14)16-12-20-21(3)17(16)19/h4-7,12-13H,8-11,19H2,1-3H3. The largest absolute Gasteiger partial charge is 0.383 e. The van der Waals surface area contributed by atoms with Crippen LogP contribution >= 0.6 is 0 Å². The molecule has 1 fully saturated rings. The van der Waals surface area contributed by atoms with Crippen LogP contribution in [0.2, 0.25) is 0 Å². The van der Waals surface area contributed by atoms with E-state index in [0.717, 1.165) is 11.4 Å². The molecular formula is C18H25N3. The number of hydrogen-bond acceptors (Lipinski definition) is 2. The summed E-state index contributed by atoms with van der Waals surface area (Å²) < 4.78 is 1.75. The van der Waals surface area contributed by atoms with Crippen LogP contribution in [0.5, 0.6) is 0 Å². The molecule has 21 heavy (non-hydrogen) atoms. The highest BCUT2D eigenvalue weighted by atomic mass is 15.3. The van der Waals surface area contributed by atoms with Crippen LogP contribution in [-0.2, 0) is 7.05 Å². The molecule has 0 unspecified atom stereocenters. The van der Waals surface area contributed by atoms with Crippen molar-refractivity contribution in [2.24, 2.45) is 12.5 Å². The minimum atomic E-state index is 0.499. The van der Waals surface area contributed by atoms with E-state index in [1.165, 1.54) is 36.8 Å². The van der Waals surface area contributed by atoms with Crippen LogP contribution in [0.15, 0.2) is 30.5 Å². The first-order chi connectivity index (χ1) is 9.98. The molecule has 0 radical (unpaired) electrons. The molecule has 2 aromatic rings. The van der Waals surface area contributed by atoms with E-state index < -0.39 is 0 Å². The summed E-state index contributed by atoms with van der Waals surface area (Å²) in [5.41, 5.74) is 10.4. The number of nitrogen functional groups attached to an aromatic ring is 1. The number of rotatable bonds is 2. The number of aromatic nitrogens is 2. The molecular weight excluding hydrogens is 258 g/mol. The van der Waals surface area contributed by atoms with Gasteiger partial charge < -0.3 is 5.73 Å². The molecule has 3 rings (SSSR count). The van der Waals surface area contributed by atoms with E-state index in [9.17, 15) is 0 Å². The average molecular weight is 283 g/mol. The fourth-order valence-electron chi connectivity index (χ4n) is 3.46. The fourth-order valence-corrected chi connectivity index (χ4v) is 3.46. The van der Waals surface area contributed by atoms with Gasteiger partial charge in [0.1, 0.15) is 5.82 Å². The van der Waals surface area contributed by atoms with Crippen molar-refractivity contribution in [1.82, 2.24) is 9.78 Å². The molecule has 1 saturated carbocycles. The highest BCUT2D eigenvalue weighted by Crippen LogP contribution is 2.45. The molecule has 0 spiro atoms. The van der Waals surface area contributed by atoms with Crippen molar-refractivity contribution < 1.29 is 0 Å². The summed E-state index contributed by atoms with van der Waals surface area (Å²) in [6, 6.07) is 8.69. The predicted molar refractivity (Wildman–Crippen MR) is 88.0 cm³/mol. The Morgan fingerprint density at radius 3 is 2.43 bits per heavy atom. The van der Waals surface area contributed by atoms with Crippen molar-refractivity contribution in [2.75, 3.05) is 5.73 Å². The zero-order valence-corrected chi connectivity index (χ0v) is 13.3. The molecule has 2 N–H and O–H groups in total. The maximum absolute atomic E-state index is 6.18. The second kappa shape index (κ2) is 5.21. The number of anilines is 1. The van der Waals surface area contributed by atoms with Gasteiger partial charge in [0, 0.05) is 12.6 Å². The molecule has 1 aromatic carbocycles. The van der Waals surface area contributed by atoms with E-state index in [1.54, 1.807) is 4.68 Å². The molecule has 0 saturated heterocycles. The number of aryl methyl sites for hydroxylation is 1. The maximum atomic E-state index is 6.18. The minimum Gasteiger partial charge on any atom is -0.383 e. The third-order valence-corrected chi connectivity index (χ3v) is 5.01. The van der Waals surface area contributed by atoms with Crippen LogP contribution in [-0.4, -0.2) is 9.78 Å². The Morgan fingerprint density at radius 1 is 1.14 bits per heavy atom. The van der Waals surface area contributed by atoms with Crippen LogP contribution in [0.4, 0.5) is 5.82 Å². The van der Waals surface area contributed by atoms with Crippen molar-refractivity contribution in [3.05, 3.63) is 36.0 Å². The van der Waals surface area contributed by atoms with E-state index in [2.05, 4.69) is 43.2 Å². The van der Waals surface area contributed by atoms with Gasteiger partial charge in [-0.1, -0.05) is 38.1 Å². The van der Waals surface area contributed by atoms with E-state index in [1.807, 2.05) is 13.2 Å². The van der Waals surface area contributed by atoms with Crippen LogP contribution in [0.3, 0.4) is 0 Å². The van der Waals surface area contributed by atoms with Crippen molar-refractivity contribution in [3.63, 3.8) is 0 Å². The first kappa shape index (κ1) is 14.2. The van der Waals surface area contributed by atoms with Crippen LogP contribution in [0.25, 0.3) is 11.1 Å².